The first kappa shape index (κ1) is 26.1. The van der Waals surface area contributed by atoms with Gasteiger partial charge in [-0.1, -0.05) is 30.0 Å². The standard InChI is InChI=1S/C29H31FN4O4/c30-26-13-21(5-8-23(26)15-33-9-11-38-12-10-33)2-1-20-3-6-22(7-4-20)24(16-34-17-25(35)18-34)14-27-28(36)29(37)32-19-31-27/h3-8,13,19,24-25,35-36H,9-12,14-18H2,(H,31,32,37)/t24-/m1/s1. The van der Waals surface area contributed by atoms with Gasteiger partial charge in [0, 0.05) is 68.3 Å². The van der Waals surface area contributed by atoms with Crippen LogP contribution in [0.4, 0.5) is 4.39 Å². The maximum Gasteiger partial charge on any atom is 0.293 e. The molecule has 0 spiro atoms. The number of hydrogen-bond acceptors (Lipinski definition) is 7. The van der Waals surface area contributed by atoms with E-state index in [0.717, 1.165) is 24.2 Å². The van der Waals surface area contributed by atoms with Gasteiger partial charge >= 0.3 is 0 Å². The predicted octanol–water partition coefficient (Wildman–Crippen LogP) is 1.85. The van der Waals surface area contributed by atoms with Crippen molar-refractivity contribution in [1.29, 1.82) is 0 Å². The van der Waals surface area contributed by atoms with Crippen molar-refractivity contribution >= 4 is 0 Å². The quantitative estimate of drug-likeness (QED) is 0.411. The highest BCUT2D eigenvalue weighted by atomic mass is 19.1. The molecule has 2 aromatic carbocycles. The number of nitrogens with one attached hydrogen (secondary N) is 1. The van der Waals surface area contributed by atoms with Gasteiger partial charge in [0.15, 0.2) is 0 Å². The van der Waals surface area contributed by atoms with E-state index in [4.69, 9.17) is 4.74 Å². The average molecular weight is 519 g/mol. The van der Waals surface area contributed by atoms with Crippen LogP contribution in [0.3, 0.4) is 0 Å². The van der Waals surface area contributed by atoms with Crippen LogP contribution in [0.5, 0.6) is 5.75 Å². The number of ether oxygens (including phenoxy) is 1. The number of aromatic amines is 1. The third-order valence-electron chi connectivity index (χ3n) is 7.04. The van der Waals surface area contributed by atoms with Gasteiger partial charge in [0.05, 0.1) is 31.3 Å². The minimum absolute atomic E-state index is 0.0437. The number of aliphatic hydroxyl groups is 1. The topological polar surface area (TPSA) is 102 Å². The highest BCUT2D eigenvalue weighted by Gasteiger charge is 2.28. The fourth-order valence-electron chi connectivity index (χ4n) is 4.84. The van der Waals surface area contributed by atoms with E-state index in [1.54, 1.807) is 6.07 Å². The van der Waals surface area contributed by atoms with E-state index in [1.165, 1.54) is 12.4 Å². The summed E-state index contributed by atoms with van der Waals surface area (Å²) in [6.45, 7) is 5.37. The summed E-state index contributed by atoms with van der Waals surface area (Å²) in [7, 11) is 0. The van der Waals surface area contributed by atoms with Gasteiger partial charge in [0.1, 0.15) is 5.82 Å². The molecule has 198 valence electrons. The second-order valence-electron chi connectivity index (χ2n) is 9.87. The van der Waals surface area contributed by atoms with E-state index < -0.39 is 5.56 Å². The zero-order chi connectivity index (χ0) is 26.5. The highest BCUT2D eigenvalue weighted by molar-refractivity contribution is 5.45. The molecule has 5 rings (SSSR count). The summed E-state index contributed by atoms with van der Waals surface area (Å²) in [6.07, 6.45) is 1.35. The number of aliphatic hydroxyl groups excluding tert-OH is 1. The number of likely N-dealkylation sites (tertiary alicyclic amines) is 1. The van der Waals surface area contributed by atoms with E-state index in [-0.39, 0.29) is 23.6 Å². The van der Waals surface area contributed by atoms with Crippen molar-refractivity contribution in [3.63, 3.8) is 0 Å². The SMILES string of the molecule is O=c1[nH]cnc(C[C@H](CN2CC(O)C2)c2ccc(C#Cc3ccc(CN4CCOCC4)c(F)c3)cc2)c1O. The number of morpholine rings is 1. The lowest BCUT2D eigenvalue weighted by Crippen LogP contribution is -2.52. The summed E-state index contributed by atoms with van der Waals surface area (Å²) in [5.41, 5.74) is 2.84. The van der Waals surface area contributed by atoms with Crippen molar-refractivity contribution in [3.8, 4) is 17.6 Å². The Balaban J connectivity index is 1.28. The lowest BCUT2D eigenvalue weighted by Gasteiger charge is -2.38. The normalized spacial score (nSPS) is 17.4. The Morgan fingerprint density at radius 2 is 1.79 bits per heavy atom. The van der Waals surface area contributed by atoms with Gasteiger partial charge in [0.25, 0.3) is 5.56 Å². The number of rotatable bonds is 7. The smallest absolute Gasteiger partial charge is 0.293 e. The molecular formula is C29H31FN4O4. The third kappa shape index (κ3) is 6.47. The molecule has 2 aliphatic heterocycles. The number of nitrogens with zero attached hydrogens (tertiary/aromatic N) is 3. The van der Waals surface area contributed by atoms with E-state index in [0.29, 0.717) is 62.6 Å². The molecule has 0 saturated carbocycles. The number of hydrogen-bond donors (Lipinski definition) is 3. The van der Waals surface area contributed by atoms with Crippen LogP contribution in [-0.4, -0.2) is 82.0 Å². The summed E-state index contributed by atoms with van der Waals surface area (Å²) in [4.78, 5) is 22.7. The second-order valence-corrected chi connectivity index (χ2v) is 9.87. The highest BCUT2D eigenvalue weighted by Crippen LogP contribution is 2.26. The fourth-order valence-corrected chi connectivity index (χ4v) is 4.84. The Morgan fingerprint density at radius 3 is 2.50 bits per heavy atom. The summed E-state index contributed by atoms with van der Waals surface area (Å²) in [6, 6.07) is 12.9. The maximum absolute atomic E-state index is 14.7. The summed E-state index contributed by atoms with van der Waals surface area (Å²) >= 11 is 0. The number of H-pyrrole nitrogens is 1. The number of halogens is 1. The van der Waals surface area contributed by atoms with Gasteiger partial charge in [0.2, 0.25) is 5.75 Å². The summed E-state index contributed by atoms with van der Waals surface area (Å²) < 4.78 is 20.0. The van der Waals surface area contributed by atoms with Crippen LogP contribution in [-0.2, 0) is 17.7 Å². The predicted molar refractivity (Wildman–Crippen MR) is 140 cm³/mol. The Labute approximate surface area is 220 Å². The van der Waals surface area contributed by atoms with Gasteiger partial charge < -0.3 is 19.9 Å². The molecule has 1 atom stereocenters. The fraction of sp³-hybridized carbons (Fsp3) is 0.379. The number of aromatic nitrogens is 2. The van der Waals surface area contributed by atoms with Crippen LogP contribution < -0.4 is 5.56 Å². The molecule has 2 fully saturated rings. The number of β-amino-alcohol motifs (C(OH)–C–C–N with tert-alkyl or cyclic N) is 1. The summed E-state index contributed by atoms with van der Waals surface area (Å²) in [5, 5.41) is 19.9. The second kappa shape index (κ2) is 11.9. The van der Waals surface area contributed by atoms with Gasteiger partial charge in [-0.25, -0.2) is 9.37 Å². The van der Waals surface area contributed by atoms with E-state index in [1.807, 2.05) is 30.3 Å². The molecule has 0 amide bonds. The molecule has 3 N–H and O–H groups in total. The lowest BCUT2D eigenvalue weighted by atomic mass is 9.91. The minimum atomic E-state index is -0.565. The molecule has 8 nitrogen and oxygen atoms in total. The Hall–Kier alpha value is -3.55. The first-order chi connectivity index (χ1) is 18.4. The molecule has 3 aromatic rings. The Bertz CT molecular complexity index is 1370. The van der Waals surface area contributed by atoms with Crippen LogP contribution in [0.25, 0.3) is 0 Å². The van der Waals surface area contributed by atoms with E-state index in [9.17, 15) is 19.4 Å². The number of benzene rings is 2. The van der Waals surface area contributed by atoms with Crippen molar-refractivity contribution in [2.45, 2.75) is 25.0 Å². The van der Waals surface area contributed by atoms with Crippen molar-refractivity contribution in [3.05, 3.63) is 92.9 Å². The van der Waals surface area contributed by atoms with Gasteiger partial charge in [-0.2, -0.15) is 0 Å². The molecule has 1 aromatic heterocycles. The summed E-state index contributed by atoms with van der Waals surface area (Å²) in [5.74, 6) is 5.49. The van der Waals surface area contributed by atoms with E-state index in [2.05, 4.69) is 31.6 Å². The van der Waals surface area contributed by atoms with Crippen LogP contribution in [0.1, 0.15) is 33.9 Å². The van der Waals surface area contributed by atoms with Gasteiger partial charge in [-0.15, -0.1) is 0 Å². The molecule has 3 heterocycles. The Morgan fingerprint density at radius 1 is 1.08 bits per heavy atom. The van der Waals surface area contributed by atoms with Crippen LogP contribution in [0.15, 0.2) is 53.6 Å². The molecule has 0 bridgehead atoms. The molecule has 2 saturated heterocycles. The van der Waals surface area contributed by atoms with Gasteiger partial charge in [-0.05, 0) is 29.8 Å². The number of aromatic hydroxyl groups is 1. The monoisotopic (exact) mass is 518 g/mol. The first-order valence-electron chi connectivity index (χ1n) is 12.8. The Kier molecular flexibility index (Phi) is 8.15. The average Bonchev–Trinajstić information content (AvgIpc) is 2.91. The van der Waals surface area contributed by atoms with Crippen molar-refractivity contribution in [2.75, 3.05) is 45.9 Å². The zero-order valence-corrected chi connectivity index (χ0v) is 21.1. The van der Waals surface area contributed by atoms with Crippen LogP contribution >= 0.6 is 0 Å². The molecular weight excluding hydrogens is 487 g/mol. The molecule has 9 heteroatoms. The molecule has 0 aliphatic carbocycles. The molecule has 0 radical (unpaired) electrons. The first-order valence-corrected chi connectivity index (χ1v) is 12.8. The van der Waals surface area contributed by atoms with Crippen molar-refractivity contribution < 1.29 is 19.3 Å². The van der Waals surface area contributed by atoms with Gasteiger partial charge in [-0.3, -0.25) is 14.6 Å². The van der Waals surface area contributed by atoms with Crippen molar-refractivity contribution in [2.24, 2.45) is 0 Å². The van der Waals surface area contributed by atoms with E-state index >= 15 is 0 Å². The third-order valence-corrected chi connectivity index (χ3v) is 7.04. The van der Waals surface area contributed by atoms with Crippen LogP contribution in [0.2, 0.25) is 0 Å². The molecule has 0 unspecified atom stereocenters. The molecule has 38 heavy (non-hydrogen) atoms. The largest absolute Gasteiger partial charge is 0.502 e. The minimum Gasteiger partial charge on any atom is -0.502 e. The zero-order valence-electron chi connectivity index (χ0n) is 21.1. The van der Waals surface area contributed by atoms with Crippen LogP contribution in [0, 0.1) is 17.7 Å². The lowest BCUT2D eigenvalue weighted by molar-refractivity contribution is -0.00129. The maximum atomic E-state index is 14.7. The molecule has 2 aliphatic rings. The van der Waals surface area contributed by atoms with Crippen molar-refractivity contribution in [1.82, 2.24) is 19.8 Å².